The van der Waals surface area contributed by atoms with Crippen LogP contribution in [0.25, 0.3) is 0 Å². The standard InChI is InChI=1S/C14H19N3O3S/c1-2-3-8-15-14(21)17-16-13(18)12-9-19-10-6-4-5-7-11(10)20-12/h4-7,12H,2-3,8-9H2,1H3,(H,16,18)(H2,15,17,21)/t12-/m0/s1. The second-order valence-electron chi connectivity index (χ2n) is 4.59. The van der Waals surface area contributed by atoms with Crippen molar-refractivity contribution >= 4 is 23.2 Å². The number of unbranched alkanes of at least 4 members (excludes halogenated alkanes) is 1. The first-order valence-electron chi connectivity index (χ1n) is 6.93. The molecule has 1 atom stereocenters. The first kappa shape index (κ1) is 15.4. The quantitative estimate of drug-likeness (QED) is 0.440. The molecule has 6 nitrogen and oxygen atoms in total. The molecule has 1 aromatic rings. The van der Waals surface area contributed by atoms with E-state index < -0.39 is 6.10 Å². The summed E-state index contributed by atoms with van der Waals surface area (Å²) in [5, 5.41) is 3.37. The maximum absolute atomic E-state index is 12.0. The molecule has 114 valence electrons. The third-order valence-corrected chi connectivity index (χ3v) is 3.16. The molecule has 0 unspecified atom stereocenters. The van der Waals surface area contributed by atoms with E-state index in [1.54, 1.807) is 12.1 Å². The predicted octanol–water partition coefficient (Wildman–Crippen LogP) is 1.12. The van der Waals surface area contributed by atoms with Crippen molar-refractivity contribution in [3.63, 3.8) is 0 Å². The summed E-state index contributed by atoms with van der Waals surface area (Å²) in [5.74, 6) is 0.878. The molecule has 1 amide bonds. The van der Waals surface area contributed by atoms with Gasteiger partial charge in [0.1, 0.15) is 6.61 Å². The van der Waals surface area contributed by atoms with E-state index in [0.717, 1.165) is 19.4 Å². The summed E-state index contributed by atoms with van der Waals surface area (Å²) in [4.78, 5) is 12.0. The lowest BCUT2D eigenvalue weighted by atomic mass is 10.2. The van der Waals surface area contributed by atoms with E-state index in [1.807, 2.05) is 12.1 Å². The zero-order valence-electron chi connectivity index (χ0n) is 11.8. The molecule has 1 heterocycles. The van der Waals surface area contributed by atoms with E-state index in [4.69, 9.17) is 21.7 Å². The molecule has 3 N–H and O–H groups in total. The summed E-state index contributed by atoms with van der Waals surface area (Å²) in [6, 6.07) is 7.24. The SMILES string of the molecule is CCCCNC(=S)NNC(=O)[C@@H]1COc2ccccc2O1. The van der Waals surface area contributed by atoms with Gasteiger partial charge in [-0.2, -0.15) is 0 Å². The Hall–Kier alpha value is -2.02. The fourth-order valence-electron chi connectivity index (χ4n) is 1.77. The number of ether oxygens (including phenoxy) is 2. The fourth-order valence-corrected chi connectivity index (χ4v) is 1.92. The van der Waals surface area contributed by atoms with Crippen LogP contribution in [0.2, 0.25) is 0 Å². The highest BCUT2D eigenvalue weighted by molar-refractivity contribution is 7.80. The van der Waals surface area contributed by atoms with Gasteiger partial charge >= 0.3 is 0 Å². The third kappa shape index (κ3) is 4.49. The summed E-state index contributed by atoms with van der Waals surface area (Å²) in [7, 11) is 0. The minimum atomic E-state index is -0.703. The van der Waals surface area contributed by atoms with Gasteiger partial charge in [0.2, 0.25) is 6.10 Å². The molecule has 0 spiro atoms. The second kappa shape index (κ2) is 7.68. The van der Waals surface area contributed by atoms with Gasteiger partial charge in [0.15, 0.2) is 16.6 Å². The Labute approximate surface area is 129 Å². The van der Waals surface area contributed by atoms with Gasteiger partial charge in [0, 0.05) is 6.54 Å². The summed E-state index contributed by atoms with van der Waals surface area (Å²) >= 11 is 5.04. The monoisotopic (exact) mass is 309 g/mol. The number of fused-ring (bicyclic) bond motifs is 1. The summed E-state index contributed by atoms with van der Waals surface area (Å²) in [5.41, 5.74) is 5.16. The Morgan fingerprint density at radius 3 is 2.86 bits per heavy atom. The van der Waals surface area contributed by atoms with Crippen molar-refractivity contribution in [2.24, 2.45) is 0 Å². The molecule has 0 aliphatic carbocycles. The van der Waals surface area contributed by atoms with Gasteiger partial charge in [-0.15, -0.1) is 0 Å². The van der Waals surface area contributed by atoms with E-state index in [1.165, 1.54) is 0 Å². The number of para-hydroxylation sites is 2. The second-order valence-corrected chi connectivity index (χ2v) is 5.00. The van der Waals surface area contributed by atoms with Gasteiger partial charge in [-0.3, -0.25) is 15.6 Å². The zero-order chi connectivity index (χ0) is 15.1. The molecule has 1 aromatic carbocycles. The fraction of sp³-hybridized carbons (Fsp3) is 0.429. The van der Waals surface area contributed by atoms with E-state index in [9.17, 15) is 4.79 Å². The lowest BCUT2D eigenvalue weighted by Crippen LogP contribution is -2.53. The number of nitrogens with one attached hydrogen (secondary N) is 3. The van der Waals surface area contributed by atoms with Gasteiger partial charge in [0.05, 0.1) is 0 Å². The molecule has 0 radical (unpaired) electrons. The molecule has 2 rings (SSSR count). The summed E-state index contributed by atoms with van der Waals surface area (Å²) < 4.78 is 11.1. The Morgan fingerprint density at radius 2 is 2.10 bits per heavy atom. The number of benzene rings is 1. The van der Waals surface area contributed by atoms with Crippen LogP contribution in [-0.2, 0) is 4.79 Å². The van der Waals surface area contributed by atoms with Crippen molar-refractivity contribution in [1.29, 1.82) is 0 Å². The number of hydrogen-bond acceptors (Lipinski definition) is 4. The smallest absolute Gasteiger partial charge is 0.283 e. The van der Waals surface area contributed by atoms with Crippen molar-refractivity contribution in [3.05, 3.63) is 24.3 Å². The molecule has 0 saturated heterocycles. The highest BCUT2D eigenvalue weighted by Crippen LogP contribution is 2.30. The van der Waals surface area contributed by atoms with Crippen molar-refractivity contribution in [2.45, 2.75) is 25.9 Å². The Morgan fingerprint density at radius 1 is 1.33 bits per heavy atom. The average molecular weight is 309 g/mol. The zero-order valence-corrected chi connectivity index (χ0v) is 12.7. The molecule has 0 fully saturated rings. The van der Waals surface area contributed by atoms with Gasteiger partial charge in [-0.25, -0.2) is 0 Å². The van der Waals surface area contributed by atoms with Crippen LogP contribution in [0.15, 0.2) is 24.3 Å². The number of hydrogen-bond donors (Lipinski definition) is 3. The molecule has 21 heavy (non-hydrogen) atoms. The minimum Gasteiger partial charge on any atom is -0.485 e. The molecule has 1 aliphatic heterocycles. The maximum Gasteiger partial charge on any atom is 0.283 e. The van der Waals surface area contributed by atoms with Gasteiger partial charge in [-0.1, -0.05) is 25.5 Å². The van der Waals surface area contributed by atoms with Crippen LogP contribution in [0.1, 0.15) is 19.8 Å². The normalized spacial score (nSPS) is 16.0. The first-order chi connectivity index (χ1) is 10.2. The van der Waals surface area contributed by atoms with Gasteiger partial charge in [0.25, 0.3) is 5.91 Å². The molecule has 0 saturated carbocycles. The highest BCUT2D eigenvalue weighted by atomic mass is 32.1. The van der Waals surface area contributed by atoms with Gasteiger partial charge in [-0.05, 0) is 30.8 Å². The molecule has 7 heteroatoms. The van der Waals surface area contributed by atoms with Crippen LogP contribution >= 0.6 is 12.2 Å². The maximum atomic E-state index is 12.0. The largest absolute Gasteiger partial charge is 0.485 e. The summed E-state index contributed by atoms with van der Waals surface area (Å²) in [6.07, 6.45) is 1.40. The summed E-state index contributed by atoms with van der Waals surface area (Å²) in [6.45, 7) is 3.04. The Kier molecular flexibility index (Phi) is 5.62. The lowest BCUT2D eigenvalue weighted by Gasteiger charge is -2.25. The third-order valence-electron chi connectivity index (χ3n) is 2.92. The minimum absolute atomic E-state index is 0.167. The lowest BCUT2D eigenvalue weighted by molar-refractivity contribution is -0.130. The van der Waals surface area contributed by atoms with Crippen LogP contribution < -0.4 is 25.6 Å². The molecule has 0 aromatic heterocycles. The topological polar surface area (TPSA) is 71.6 Å². The van der Waals surface area contributed by atoms with Gasteiger partial charge < -0.3 is 14.8 Å². The van der Waals surface area contributed by atoms with Crippen LogP contribution in [0.5, 0.6) is 11.5 Å². The Balaban J connectivity index is 1.76. The molecular formula is C14H19N3O3S. The molecule has 1 aliphatic rings. The number of hydrazine groups is 1. The van der Waals surface area contributed by atoms with Crippen LogP contribution in [0.3, 0.4) is 0 Å². The predicted molar refractivity (Wildman–Crippen MR) is 83.1 cm³/mol. The number of carbonyl (C=O) groups excluding carboxylic acids is 1. The van der Waals surface area contributed by atoms with Crippen LogP contribution in [0.4, 0.5) is 0 Å². The number of amides is 1. The number of carbonyl (C=O) groups is 1. The van der Waals surface area contributed by atoms with E-state index in [-0.39, 0.29) is 12.5 Å². The Bertz CT molecular complexity index is 510. The molecule has 0 bridgehead atoms. The average Bonchev–Trinajstić information content (AvgIpc) is 2.52. The van der Waals surface area contributed by atoms with Crippen LogP contribution in [-0.4, -0.2) is 30.3 Å². The molecular weight excluding hydrogens is 290 g/mol. The van der Waals surface area contributed by atoms with E-state index in [2.05, 4.69) is 23.1 Å². The highest BCUT2D eigenvalue weighted by Gasteiger charge is 2.27. The number of rotatable bonds is 4. The van der Waals surface area contributed by atoms with Crippen molar-refractivity contribution in [2.75, 3.05) is 13.2 Å². The van der Waals surface area contributed by atoms with Crippen molar-refractivity contribution in [3.8, 4) is 11.5 Å². The van der Waals surface area contributed by atoms with Crippen molar-refractivity contribution in [1.82, 2.24) is 16.2 Å². The van der Waals surface area contributed by atoms with E-state index >= 15 is 0 Å². The number of thiocarbonyl (C=S) groups is 1. The van der Waals surface area contributed by atoms with Crippen molar-refractivity contribution < 1.29 is 14.3 Å². The first-order valence-corrected chi connectivity index (χ1v) is 7.33. The van der Waals surface area contributed by atoms with E-state index in [0.29, 0.717) is 16.6 Å². The van der Waals surface area contributed by atoms with Crippen LogP contribution in [0, 0.1) is 0 Å².